The van der Waals surface area contributed by atoms with Crippen LogP contribution >= 0.6 is 0 Å². The van der Waals surface area contributed by atoms with E-state index in [2.05, 4.69) is 29.0 Å². The van der Waals surface area contributed by atoms with Gasteiger partial charge in [0, 0.05) is 25.2 Å². The number of carbonyl (C=O) groups is 1. The molecule has 1 saturated heterocycles. The van der Waals surface area contributed by atoms with Crippen molar-refractivity contribution in [2.75, 3.05) is 19.9 Å². The number of carbonyl (C=O) groups excluding carboxylic acids is 1. The molecule has 0 atom stereocenters. The number of sulfonamides is 1. The minimum atomic E-state index is -3.80. The molecule has 1 fully saturated rings. The fraction of sp³-hybridized carbons (Fsp3) is 0.296. The molecule has 182 valence electrons. The molecule has 0 spiro atoms. The van der Waals surface area contributed by atoms with Crippen LogP contribution in [0.4, 0.5) is 0 Å². The van der Waals surface area contributed by atoms with Gasteiger partial charge in [-0.15, -0.1) is 0 Å². The lowest BCUT2D eigenvalue weighted by Crippen LogP contribution is -2.39. The van der Waals surface area contributed by atoms with Gasteiger partial charge in [-0.3, -0.25) is 4.79 Å². The van der Waals surface area contributed by atoms with Gasteiger partial charge in [0.25, 0.3) is 5.91 Å². The smallest absolute Gasteiger partial charge is 0.253 e. The van der Waals surface area contributed by atoms with Crippen LogP contribution in [0.25, 0.3) is 0 Å². The molecule has 3 aromatic rings. The number of piperidine rings is 1. The first kappa shape index (κ1) is 23.4. The molecule has 35 heavy (non-hydrogen) atoms. The van der Waals surface area contributed by atoms with Gasteiger partial charge in [0.05, 0.1) is 4.90 Å². The molecule has 0 saturated carbocycles. The van der Waals surface area contributed by atoms with E-state index >= 15 is 0 Å². The van der Waals surface area contributed by atoms with E-state index < -0.39 is 10.0 Å². The maximum atomic E-state index is 13.1. The summed E-state index contributed by atoms with van der Waals surface area (Å²) in [6.07, 6.45) is 2.90. The van der Waals surface area contributed by atoms with Crippen LogP contribution in [0.15, 0.2) is 77.7 Å². The zero-order valence-corrected chi connectivity index (χ0v) is 20.2. The van der Waals surface area contributed by atoms with Gasteiger partial charge in [0.1, 0.15) is 0 Å². The fourth-order valence-electron chi connectivity index (χ4n) is 4.58. The van der Waals surface area contributed by atoms with Gasteiger partial charge < -0.3 is 14.4 Å². The van der Waals surface area contributed by atoms with Crippen LogP contribution in [0, 0.1) is 5.92 Å². The molecular weight excluding hydrogens is 464 g/mol. The van der Waals surface area contributed by atoms with Crippen LogP contribution < -0.4 is 14.2 Å². The van der Waals surface area contributed by atoms with Crippen molar-refractivity contribution < 1.29 is 22.7 Å². The summed E-state index contributed by atoms with van der Waals surface area (Å²) in [4.78, 5) is 15.0. The van der Waals surface area contributed by atoms with Gasteiger partial charge in [-0.25, -0.2) is 13.1 Å². The van der Waals surface area contributed by atoms with E-state index in [0.717, 1.165) is 24.8 Å². The summed E-state index contributed by atoms with van der Waals surface area (Å²) in [5, 5.41) is 0. The highest BCUT2D eigenvalue weighted by molar-refractivity contribution is 7.89. The highest BCUT2D eigenvalue weighted by Crippen LogP contribution is 2.32. The molecule has 0 radical (unpaired) electrons. The normalized spacial score (nSPS) is 15.8. The summed E-state index contributed by atoms with van der Waals surface area (Å²) in [7, 11) is -3.80. The summed E-state index contributed by atoms with van der Waals surface area (Å²) in [6, 6.07) is 22.0. The van der Waals surface area contributed by atoms with Crippen molar-refractivity contribution in [3.05, 3.63) is 89.5 Å². The molecule has 1 amide bonds. The Balaban J connectivity index is 1.20. The lowest BCUT2D eigenvalue weighted by atomic mass is 9.90. The average molecular weight is 493 g/mol. The van der Waals surface area contributed by atoms with Crippen molar-refractivity contribution in [3.8, 4) is 11.5 Å². The molecular formula is C27H28N2O5S. The van der Waals surface area contributed by atoms with Crippen molar-refractivity contribution in [2.45, 2.75) is 30.7 Å². The Morgan fingerprint density at radius 3 is 2.46 bits per heavy atom. The van der Waals surface area contributed by atoms with E-state index in [0.29, 0.717) is 36.1 Å². The van der Waals surface area contributed by atoms with Crippen molar-refractivity contribution in [2.24, 2.45) is 5.92 Å². The van der Waals surface area contributed by atoms with Gasteiger partial charge in [0.2, 0.25) is 16.8 Å². The monoisotopic (exact) mass is 492 g/mol. The molecule has 2 aliphatic rings. The zero-order chi connectivity index (χ0) is 24.3. The van der Waals surface area contributed by atoms with Crippen molar-refractivity contribution in [1.29, 1.82) is 0 Å². The Labute approximate surface area is 205 Å². The highest BCUT2D eigenvalue weighted by Gasteiger charge is 2.25. The highest BCUT2D eigenvalue weighted by atomic mass is 32.2. The van der Waals surface area contributed by atoms with Crippen LogP contribution in [0.2, 0.25) is 0 Å². The Morgan fingerprint density at radius 1 is 0.886 bits per heavy atom. The van der Waals surface area contributed by atoms with Crippen LogP contribution in [-0.2, 0) is 23.0 Å². The number of hydrogen-bond acceptors (Lipinski definition) is 5. The first-order valence-corrected chi connectivity index (χ1v) is 13.3. The predicted octanol–water partition coefficient (Wildman–Crippen LogP) is 3.99. The Bertz CT molecular complexity index is 1300. The third-order valence-electron chi connectivity index (χ3n) is 6.56. The van der Waals surface area contributed by atoms with E-state index in [-0.39, 0.29) is 24.1 Å². The number of nitrogens with one attached hydrogen (secondary N) is 1. The molecule has 8 heteroatoms. The lowest BCUT2D eigenvalue weighted by molar-refractivity contribution is 0.0690. The summed E-state index contributed by atoms with van der Waals surface area (Å²) in [5.74, 6) is 1.67. The number of fused-ring (bicyclic) bond motifs is 1. The zero-order valence-electron chi connectivity index (χ0n) is 19.4. The number of rotatable bonds is 7. The number of ether oxygens (including phenoxy) is 2. The SMILES string of the molecule is O=C(c1cccc(S(=O)(=O)NCc2ccc3c(c2)OCO3)c1)N1CCC(Cc2ccccc2)CC1. The van der Waals surface area contributed by atoms with Gasteiger partial charge in [0.15, 0.2) is 11.5 Å². The third kappa shape index (κ3) is 5.49. The third-order valence-corrected chi connectivity index (χ3v) is 7.96. The van der Waals surface area contributed by atoms with Crippen LogP contribution in [-0.4, -0.2) is 39.1 Å². The molecule has 5 rings (SSSR count). The van der Waals surface area contributed by atoms with Crippen LogP contribution in [0.1, 0.15) is 34.3 Å². The molecule has 0 bridgehead atoms. The number of nitrogens with zero attached hydrogens (tertiary/aromatic N) is 1. The summed E-state index contributed by atoms with van der Waals surface area (Å²) in [5.41, 5.74) is 2.46. The Kier molecular flexibility index (Phi) is 6.74. The molecule has 3 aromatic carbocycles. The molecule has 7 nitrogen and oxygen atoms in total. The summed E-state index contributed by atoms with van der Waals surface area (Å²) in [6.45, 7) is 1.62. The maximum Gasteiger partial charge on any atom is 0.253 e. The Morgan fingerprint density at radius 2 is 1.66 bits per heavy atom. The van der Waals surface area contributed by atoms with E-state index in [1.807, 2.05) is 11.0 Å². The molecule has 0 unspecified atom stereocenters. The fourth-order valence-corrected chi connectivity index (χ4v) is 5.64. The predicted molar refractivity (Wildman–Crippen MR) is 132 cm³/mol. The van der Waals surface area contributed by atoms with E-state index in [1.54, 1.807) is 30.3 Å². The van der Waals surface area contributed by atoms with E-state index in [4.69, 9.17) is 9.47 Å². The number of likely N-dealkylation sites (tertiary alicyclic amines) is 1. The summed E-state index contributed by atoms with van der Waals surface area (Å²) >= 11 is 0. The van der Waals surface area contributed by atoms with E-state index in [9.17, 15) is 13.2 Å². The van der Waals surface area contributed by atoms with Crippen LogP contribution in [0.5, 0.6) is 11.5 Å². The molecule has 1 N–H and O–H groups in total. The molecule has 2 aliphatic heterocycles. The standard InChI is InChI=1S/C27H28N2O5S/c30-27(29-13-11-21(12-14-29)15-20-5-2-1-3-6-20)23-7-4-8-24(17-23)35(31,32)28-18-22-9-10-25-26(16-22)34-19-33-25/h1-10,16-17,21,28H,11-15,18-19H2. The second kappa shape index (κ2) is 10.1. The van der Waals surface area contributed by atoms with Gasteiger partial charge in [-0.05, 0) is 66.6 Å². The quantitative estimate of drug-likeness (QED) is 0.539. The number of hydrogen-bond donors (Lipinski definition) is 1. The number of amides is 1. The maximum absolute atomic E-state index is 13.1. The second-order valence-electron chi connectivity index (χ2n) is 8.97. The van der Waals surface area contributed by atoms with Crippen molar-refractivity contribution in [1.82, 2.24) is 9.62 Å². The van der Waals surface area contributed by atoms with Gasteiger partial charge in [-0.2, -0.15) is 0 Å². The molecule has 0 aromatic heterocycles. The number of benzene rings is 3. The first-order chi connectivity index (χ1) is 17.0. The largest absolute Gasteiger partial charge is 0.454 e. The first-order valence-electron chi connectivity index (χ1n) is 11.8. The van der Waals surface area contributed by atoms with Crippen molar-refractivity contribution in [3.63, 3.8) is 0 Å². The van der Waals surface area contributed by atoms with E-state index in [1.165, 1.54) is 17.7 Å². The summed E-state index contributed by atoms with van der Waals surface area (Å²) < 4.78 is 39.1. The Hall–Kier alpha value is -3.36. The van der Waals surface area contributed by atoms with Crippen LogP contribution in [0.3, 0.4) is 0 Å². The van der Waals surface area contributed by atoms with Gasteiger partial charge >= 0.3 is 0 Å². The average Bonchev–Trinajstić information content (AvgIpc) is 3.36. The second-order valence-corrected chi connectivity index (χ2v) is 10.7. The lowest BCUT2D eigenvalue weighted by Gasteiger charge is -2.32. The minimum Gasteiger partial charge on any atom is -0.454 e. The van der Waals surface area contributed by atoms with Crippen molar-refractivity contribution >= 4 is 15.9 Å². The minimum absolute atomic E-state index is 0.0723. The van der Waals surface area contributed by atoms with Gasteiger partial charge in [-0.1, -0.05) is 42.5 Å². The topological polar surface area (TPSA) is 84.9 Å². The molecule has 0 aliphatic carbocycles. The molecule has 2 heterocycles.